The van der Waals surface area contributed by atoms with Crippen LogP contribution in [0.5, 0.6) is 0 Å². The SMILES string of the molecule is c1ccc(N(c2ccc(-c3ccc4ccccc4c3)cc2)c2ccccc2-c2ccc3cc4c(cc3c2)C(c2ccccc2)(c2ccccc2)c2ccccc2-4)cc1. The number of rotatable bonds is 7. The molecule has 10 aromatic carbocycles. The molecule has 0 bridgehead atoms. The first-order chi connectivity index (χ1) is 28.8. The fourth-order valence-electron chi connectivity index (χ4n) is 9.44. The molecule has 0 saturated heterocycles. The van der Waals surface area contributed by atoms with Crippen molar-refractivity contribution in [1.82, 2.24) is 0 Å². The Labute approximate surface area is 339 Å². The predicted molar refractivity (Wildman–Crippen MR) is 244 cm³/mol. The fraction of sp³-hybridized carbons (Fsp3) is 0.0175. The molecule has 0 aliphatic heterocycles. The van der Waals surface area contributed by atoms with E-state index in [2.05, 4.69) is 241 Å². The largest absolute Gasteiger partial charge is 0.310 e. The molecule has 0 saturated carbocycles. The van der Waals surface area contributed by atoms with Crippen LogP contribution in [0.3, 0.4) is 0 Å². The number of hydrogen-bond acceptors (Lipinski definition) is 1. The molecule has 0 radical (unpaired) electrons. The Kier molecular flexibility index (Phi) is 8.12. The Hall–Kier alpha value is -7.48. The van der Waals surface area contributed by atoms with Crippen LogP contribution in [0.25, 0.3) is 54.9 Å². The minimum Gasteiger partial charge on any atom is -0.310 e. The third kappa shape index (κ3) is 5.47. The lowest BCUT2D eigenvalue weighted by Gasteiger charge is -2.34. The second-order valence-electron chi connectivity index (χ2n) is 15.3. The van der Waals surface area contributed by atoms with Crippen molar-refractivity contribution >= 4 is 38.6 Å². The van der Waals surface area contributed by atoms with Gasteiger partial charge in [0.2, 0.25) is 0 Å². The highest BCUT2D eigenvalue weighted by molar-refractivity contribution is 5.99. The fourth-order valence-corrected chi connectivity index (χ4v) is 9.44. The minimum atomic E-state index is -0.445. The average Bonchev–Trinajstić information content (AvgIpc) is 3.59. The Morgan fingerprint density at radius 2 is 0.793 bits per heavy atom. The first kappa shape index (κ1) is 33.8. The summed E-state index contributed by atoms with van der Waals surface area (Å²) in [5.41, 5.74) is 15.5. The number of fused-ring (bicyclic) bond motifs is 5. The van der Waals surface area contributed by atoms with Gasteiger partial charge in [0.05, 0.1) is 11.1 Å². The van der Waals surface area contributed by atoms with Gasteiger partial charge < -0.3 is 4.90 Å². The summed E-state index contributed by atoms with van der Waals surface area (Å²) >= 11 is 0. The lowest BCUT2D eigenvalue weighted by molar-refractivity contribution is 0.769. The zero-order valence-corrected chi connectivity index (χ0v) is 32.0. The van der Waals surface area contributed by atoms with Gasteiger partial charge in [-0.25, -0.2) is 0 Å². The topological polar surface area (TPSA) is 3.24 Å². The summed E-state index contributed by atoms with van der Waals surface area (Å²) in [5, 5.41) is 4.96. The highest BCUT2D eigenvalue weighted by atomic mass is 15.1. The van der Waals surface area contributed by atoms with Gasteiger partial charge in [-0.1, -0.05) is 182 Å². The molecule has 0 fully saturated rings. The second-order valence-corrected chi connectivity index (χ2v) is 15.3. The van der Waals surface area contributed by atoms with Crippen molar-refractivity contribution in [2.45, 2.75) is 5.41 Å². The van der Waals surface area contributed by atoms with E-state index in [1.165, 1.54) is 77.2 Å². The molecular formula is C57H39N. The summed E-state index contributed by atoms with van der Waals surface area (Å²) in [6, 6.07) is 86.8. The minimum absolute atomic E-state index is 0.445. The lowest BCUT2D eigenvalue weighted by Crippen LogP contribution is -2.28. The highest BCUT2D eigenvalue weighted by Crippen LogP contribution is 2.57. The summed E-state index contributed by atoms with van der Waals surface area (Å²) in [5.74, 6) is 0. The Bertz CT molecular complexity index is 3050. The molecule has 0 amide bonds. The first-order valence-electron chi connectivity index (χ1n) is 20.1. The van der Waals surface area contributed by atoms with E-state index in [1.54, 1.807) is 0 Å². The van der Waals surface area contributed by atoms with Crippen LogP contribution in [-0.2, 0) is 5.41 Å². The highest BCUT2D eigenvalue weighted by Gasteiger charge is 2.46. The van der Waals surface area contributed by atoms with E-state index in [1.807, 2.05) is 0 Å². The average molecular weight is 738 g/mol. The number of anilines is 3. The predicted octanol–water partition coefficient (Wildman–Crippen LogP) is 15.2. The third-order valence-corrected chi connectivity index (χ3v) is 12.1. The zero-order valence-electron chi connectivity index (χ0n) is 32.0. The van der Waals surface area contributed by atoms with Crippen molar-refractivity contribution in [3.8, 4) is 33.4 Å². The van der Waals surface area contributed by atoms with Gasteiger partial charge in [-0.15, -0.1) is 0 Å². The quantitative estimate of drug-likeness (QED) is 0.157. The van der Waals surface area contributed by atoms with Gasteiger partial charge in [0, 0.05) is 16.9 Å². The molecule has 1 heteroatoms. The van der Waals surface area contributed by atoms with Crippen molar-refractivity contribution < 1.29 is 0 Å². The monoisotopic (exact) mass is 737 g/mol. The summed E-state index contributed by atoms with van der Waals surface area (Å²) in [7, 11) is 0. The van der Waals surface area contributed by atoms with E-state index >= 15 is 0 Å². The Morgan fingerprint density at radius 3 is 1.53 bits per heavy atom. The number of para-hydroxylation sites is 2. The van der Waals surface area contributed by atoms with E-state index in [0.717, 1.165) is 17.1 Å². The molecule has 0 atom stereocenters. The van der Waals surface area contributed by atoms with Gasteiger partial charge in [0.25, 0.3) is 0 Å². The van der Waals surface area contributed by atoms with Crippen LogP contribution in [-0.4, -0.2) is 0 Å². The summed E-state index contributed by atoms with van der Waals surface area (Å²) < 4.78 is 0. The summed E-state index contributed by atoms with van der Waals surface area (Å²) in [6.07, 6.45) is 0. The Balaban J connectivity index is 1.06. The molecule has 0 heterocycles. The van der Waals surface area contributed by atoms with Gasteiger partial charge in [0.15, 0.2) is 0 Å². The van der Waals surface area contributed by atoms with Crippen LogP contribution in [0, 0.1) is 0 Å². The second kappa shape index (κ2) is 13.9. The van der Waals surface area contributed by atoms with Crippen LogP contribution in [0.2, 0.25) is 0 Å². The van der Waals surface area contributed by atoms with Crippen molar-refractivity contribution in [1.29, 1.82) is 0 Å². The summed E-state index contributed by atoms with van der Waals surface area (Å²) in [6.45, 7) is 0. The smallest absolute Gasteiger partial charge is 0.0713 e. The molecule has 0 unspecified atom stereocenters. The maximum atomic E-state index is 2.47. The van der Waals surface area contributed by atoms with Crippen molar-refractivity contribution in [2.75, 3.05) is 4.90 Å². The molecule has 1 aliphatic rings. The van der Waals surface area contributed by atoms with Gasteiger partial charge in [0.1, 0.15) is 0 Å². The molecule has 1 nitrogen and oxygen atoms in total. The van der Waals surface area contributed by atoms with E-state index < -0.39 is 5.41 Å². The molecule has 0 aromatic heterocycles. The maximum Gasteiger partial charge on any atom is 0.0713 e. The van der Waals surface area contributed by atoms with Crippen LogP contribution in [0.15, 0.2) is 237 Å². The van der Waals surface area contributed by atoms with Gasteiger partial charge in [-0.3, -0.25) is 0 Å². The molecular weight excluding hydrogens is 699 g/mol. The van der Waals surface area contributed by atoms with E-state index in [-0.39, 0.29) is 0 Å². The Morgan fingerprint density at radius 1 is 0.276 bits per heavy atom. The van der Waals surface area contributed by atoms with Crippen LogP contribution >= 0.6 is 0 Å². The molecule has 58 heavy (non-hydrogen) atoms. The number of hydrogen-bond donors (Lipinski definition) is 0. The molecule has 11 rings (SSSR count). The van der Waals surface area contributed by atoms with Gasteiger partial charge in [-0.05, 0) is 126 Å². The van der Waals surface area contributed by atoms with Crippen LogP contribution in [0.1, 0.15) is 22.3 Å². The summed E-state index contributed by atoms with van der Waals surface area (Å²) in [4.78, 5) is 2.39. The van der Waals surface area contributed by atoms with Crippen LogP contribution in [0.4, 0.5) is 17.1 Å². The van der Waals surface area contributed by atoms with Crippen molar-refractivity contribution in [2.24, 2.45) is 0 Å². The van der Waals surface area contributed by atoms with E-state index in [0.29, 0.717) is 0 Å². The van der Waals surface area contributed by atoms with Gasteiger partial charge >= 0.3 is 0 Å². The van der Waals surface area contributed by atoms with E-state index in [9.17, 15) is 0 Å². The molecule has 0 N–H and O–H groups in total. The van der Waals surface area contributed by atoms with Crippen LogP contribution < -0.4 is 4.90 Å². The maximum absolute atomic E-state index is 2.47. The number of nitrogens with zero attached hydrogens (tertiary/aromatic N) is 1. The van der Waals surface area contributed by atoms with Crippen molar-refractivity contribution in [3.63, 3.8) is 0 Å². The van der Waals surface area contributed by atoms with E-state index in [4.69, 9.17) is 0 Å². The molecule has 1 aliphatic carbocycles. The van der Waals surface area contributed by atoms with Gasteiger partial charge in [-0.2, -0.15) is 0 Å². The first-order valence-corrected chi connectivity index (χ1v) is 20.1. The zero-order chi connectivity index (χ0) is 38.5. The standard InChI is InChI=1S/C57H39N/c1-4-18-47(19-5-1)57(48-20-6-2-7-21-48)54-26-14-12-25-52(54)53-38-44-30-31-45(37-46(44)39-55(53)57)51-24-13-15-27-56(51)58(49-22-8-3-9-23-49)50-34-32-41(33-35-50)43-29-28-40-16-10-11-17-42(40)36-43/h1-39H. The lowest BCUT2D eigenvalue weighted by atomic mass is 9.67. The number of benzene rings is 10. The molecule has 10 aromatic rings. The molecule has 272 valence electrons. The molecule has 0 spiro atoms. The third-order valence-electron chi connectivity index (χ3n) is 12.1. The van der Waals surface area contributed by atoms with Crippen molar-refractivity contribution in [3.05, 3.63) is 259 Å². The normalized spacial score (nSPS) is 12.6.